The minimum Gasteiger partial charge on any atom is -0.341 e. The summed E-state index contributed by atoms with van der Waals surface area (Å²) in [6.45, 7) is 0.592. The van der Waals surface area contributed by atoms with Crippen molar-refractivity contribution >= 4 is 22.7 Å². The van der Waals surface area contributed by atoms with Crippen molar-refractivity contribution in [2.75, 3.05) is 0 Å². The Morgan fingerprint density at radius 1 is 1.10 bits per heavy atom. The van der Waals surface area contributed by atoms with Gasteiger partial charge in [-0.3, -0.25) is 0 Å². The molecule has 1 aromatic heterocycles. The smallest absolute Gasteiger partial charge is 0.240 e. The van der Waals surface area contributed by atoms with E-state index in [4.69, 9.17) is 0 Å². The number of aromatic nitrogens is 1. The van der Waals surface area contributed by atoms with Gasteiger partial charge in [-0.25, -0.2) is 9.18 Å². The molecule has 0 aliphatic heterocycles. The summed E-state index contributed by atoms with van der Waals surface area (Å²) in [5, 5.41) is 0.901. The van der Waals surface area contributed by atoms with Gasteiger partial charge in [0.25, 0.3) is 0 Å². The van der Waals surface area contributed by atoms with Crippen molar-refractivity contribution in [3.8, 4) is 0 Å². The number of hydrogen-bond donors (Lipinski definition) is 0. The number of isocyanates is 1. The van der Waals surface area contributed by atoms with Crippen LogP contribution < -0.4 is 0 Å². The molecule has 0 amide bonds. The second-order valence-electron chi connectivity index (χ2n) is 4.49. The minimum absolute atomic E-state index is 0.252. The summed E-state index contributed by atoms with van der Waals surface area (Å²) in [4.78, 5) is 14.2. The fourth-order valence-electron chi connectivity index (χ4n) is 2.28. The van der Waals surface area contributed by atoms with E-state index < -0.39 is 0 Å². The van der Waals surface area contributed by atoms with Gasteiger partial charge >= 0.3 is 0 Å². The van der Waals surface area contributed by atoms with Gasteiger partial charge < -0.3 is 4.57 Å². The first-order chi connectivity index (χ1) is 9.78. The molecule has 3 aromatic rings. The van der Waals surface area contributed by atoms with Gasteiger partial charge in [0, 0.05) is 18.1 Å². The summed E-state index contributed by atoms with van der Waals surface area (Å²) in [5.41, 5.74) is 2.55. The van der Waals surface area contributed by atoms with Crippen molar-refractivity contribution in [2.45, 2.75) is 6.54 Å². The van der Waals surface area contributed by atoms with Gasteiger partial charge in [-0.15, -0.1) is 0 Å². The maximum absolute atomic E-state index is 12.9. The van der Waals surface area contributed by atoms with E-state index in [1.165, 1.54) is 12.1 Å². The largest absolute Gasteiger partial charge is 0.341 e. The molecule has 0 fully saturated rings. The third-order valence-corrected chi connectivity index (χ3v) is 3.20. The maximum Gasteiger partial charge on any atom is 0.240 e. The monoisotopic (exact) mass is 266 g/mol. The molecule has 0 saturated heterocycles. The van der Waals surface area contributed by atoms with Crippen molar-refractivity contribution in [1.82, 2.24) is 4.57 Å². The van der Waals surface area contributed by atoms with Gasteiger partial charge in [0.1, 0.15) is 11.5 Å². The predicted octanol–water partition coefficient (Wildman–Crippen LogP) is 3.80. The van der Waals surface area contributed by atoms with Gasteiger partial charge in [0.05, 0.1) is 5.52 Å². The highest BCUT2D eigenvalue weighted by molar-refractivity contribution is 5.92. The summed E-state index contributed by atoms with van der Waals surface area (Å²) >= 11 is 0. The highest BCUT2D eigenvalue weighted by Gasteiger charge is 2.07. The Morgan fingerprint density at radius 3 is 2.60 bits per heavy atom. The van der Waals surface area contributed by atoms with Crippen LogP contribution in [0.2, 0.25) is 0 Å². The maximum atomic E-state index is 12.9. The highest BCUT2D eigenvalue weighted by atomic mass is 19.1. The molecule has 0 unspecified atom stereocenters. The fourth-order valence-corrected chi connectivity index (χ4v) is 2.28. The number of fused-ring (bicyclic) bond motifs is 1. The van der Waals surface area contributed by atoms with E-state index >= 15 is 0 Å². The molecule has 0 aliphatic carbocycles. The van der Waals surface area contributed by atoms with Crippen LogP contribution in [0, 0.1) is 5.82 Å². The summed E-state index contributed by atoms with van der Waals surface area (Å²) in [5.74, 6) is -0.252. The van der Waals surface area contributed by atoms with Crippen LogP contribution in [-0.4, -0.2) is 10.6 Å². The summed E-state index contributed by atoms with van der Waals surface area (Å²) in [6, 6.07) is 14.1. The Hall–Kier alpha value is -2.71. The number of carbonyl (C=O) groups excluding carboxylic acids is 1. The Bertz CT molecular complexity index is 799. The zero-order valence-corrected chi connectivity index (χ0v) is 10.6. The number of benzene rings is 2. The molecular formula is C16H11FN2O. The van der Waals surface area contributed by atoms with E-state index in [0.29, 0.717) is 12.2 Å². The van der Waals surface area contributed by atoms with Crippen LogP contribution in [0.5, 0.6) is 0 Å². The zero-order chi connectivity index (χ0) is 13.9. The molecule has 98 valence electrons. The number of aliphatic imine (C=N–C) groups is 1. The van der Waals surface area contributed by atoms with Crippen LogP contribution in [0.3, 0.4) is 0 Å². The minimum atomic E-state index is -0.252. The Balaban J connectivity index is 2.07. The topological polar surface area (TPSA) is 34.4 Å². The molecule has 3 rings (SSSR count). The zero-order valence-electron chi connectivity index (χ0n) is 10.6. The summed E-state index contributed by atoms with van der Waals surface area (Å²) in [7, 11) is 0. The molecule has 0 atom stereocenters. The first-order valence-corrected chi connectivity index (χ1v) is 6.18. The molecule has 0 radical (unpaired) electrons. The van der Waals surface area contributed by atoms with Gasteiger partial charge in [0.15, 0.2) is 0 Å². The Labute approximate surface area is 115 Å². The predicted molar refractivity (Wildman–Crippen MR) is 75.2 cm³/mol. The Kier molecular flexibility index (Phi) is 3.15. The van der Waals surface area contributed by atoms with Gasteiger partial charge in [0.2, 0.25) is 6.08 Å². The van der Waals surface area contributed by atoms with Crippen LogP contribution in [0.25, 0.3) is 10.9 Å². The van der Waals surface area contributed by atoms with E-state index in [1.807, 2.05) is 28.8 Å². The van der Waals surface area contributed by atoms with Gasteiger partial charge in [-0.05, 0) is 23.8 Å². The van der Waals surface area contributed by atoms with E-state index in [0.717, 1.165) is 16.5 Å². The quantitative estimate of drug-likeness (QED) is 0.524. The number of para-hydroxylation sites is 1. The summed E-state index contributed by atoms with van der Waals surface area (Å²) < 4.78 is 14.9. The molecule has 20 heavy (non-hydrogen) atoms. The van der Waals surface area contributed by atoms with Crippen LogP contribution in [0.15, 0.2) is 59.7 Å². The van der Waals surface area contributed by atoms with Crippen molar-refractivity contribution in [3.63, 3.8) is 0 Å². The molecule has 3 nitrogen and oxygen atoms in total. The van der Waals surface area contributed by atoms with Crippen molar-refractivity contribution in [1.29, 1.82) is 0 Å². The lowest BCUT2D eigenvalue weighted by Crippen LogP contribution is -1.97. The molecule has 4 heteroatoms. The lowest BCUT2D eigenvalue weighted by Gasteiger charge is -2.05. The van der Waals surface area contributed by atoms with Crippen molar-refractivity contribution in [3.05, 3.63) is 66.1 Å². The van der Waals surface area contributed by atoms with E-state index in [2.05, 4.69) is 4.99 Å². The van der Waals surface area contributed by atoms with Gasteiger partial charge in [-0.2, -0.15) is 4.99 Å². The molecule has 0 bridgehead atoms. The number of rotatable bonds is 3. The normalized spacial score (nSPS) is 10.4. The average molecular weight is 266 g/mol. The summed E-state index contributed by atoms with van der Waals surface area (Å²) in [6.07, 6.45) is 3.38. The third kappa shape index (κ3) is 2.25. The van der Waals surface area contributed by atoms with Crippen LogP contribution >= 0.6 is 0 Å². The van der Waals surface area contributed by atoms with Crippen LogP contribution in [-0.2, 0) is 11.3 Å². The second-order valence-corrected chi connectivity index (χ2v) is 4.49. The van der Waals surface area contributed by atoms with E-state index in [9.17, 15) is 9.18 Å². The molecule has 0 saturated carbocycles. The highest BCUT2D eigenvalue weighted by Crippen LogP contribution is 2.28. The van der Waals surface area contributed by atoms with Crippen LogP contribution in [0.1, 0.15) is 5.56 Å². The Morgan fingerprint density at radius 2 is 1.85 bits per heavy atom. The van der Waals surface area contributed by atoms with Gasteiger partial charge in [-0.1, -0.05) is 30.3 Å². The average Bonchev–Trinajstić information content (AvgIpc) is 2.81. The SMILES string of the molecule is O=C=Nc1cn(Cc2ccc(F)cc2)c2ccccc12. The van der Waals surface area contributed by atoms with Crippen LogP contribution in [0.4, 0.5) is 10.1 Å². The van der Waals surface area contributed by atoms with E-state index in [-0.39, 0.29) is 5.82 Å². The molecule has 0 spiro atoms. The van der Waals surface area contributed by atoms with Crippen molar-refractivity contribution in [2.24, 2.45) is 4.99 Å². The standard InChI is InChI=1S/C16H11FN2O/c17-13-7-5-12(6-8-13)9-19-10-15(18-11-20)14-3-1-2-4-16(14)19/h1-8,10H,9H2. The molecule has 2 aromatic carbocycles. The number of hydrogen-bond acceptors (Lipinski definition) is 2. The first-order valence-electron chi connectivity index (χ1n) is 6.18. The molecule has 1 heterocycles. The van der Waals surface area contributed by atoms with E-state index in [1.54, 1.807) is 24.4 Å². The second kappa shape index (κ2) is 5.11. The molecule has 0 aliphatic rings. The molecular weight excluding hydrogens is 255 g/mol. The van der Waals surface area contributed by atoms with Crippen molar-refractivity contribution < 1.29 is 9.18 Å². The number of nitrogens with zero attached hydrogens (tertiary/aromatic N) is 2. The molecule has 0 N–H and O–H groups in total. The number of halogens is 1. The fraction of sp³-hybridized carbons (Fsp3) is 0.0625. The lowest BCUT2D eigenvalue weighted by atomic mass is 10.2. The lowest BCUT2D eigenvalue weighted by molar-refractivity contribution is 0.565. The third-order valence-electron chi connectivity index (χ3n) is 3.20. The first kappa shape index (κ1) is 12.3.